The van der Waals surface area contributed by atoms with Crippen LogP contribution >= 0.6 is 0 Å². The SMILES string of the molecule is CCCOc1ccc(N2CCCNCC2)cc1. The van der Waals surface area contributed by atoms with Gasteiger partial charge in [-0.1, -0.05) is 6.92 Å². The summed E-state index contributed by atoms with van der Waals surface area (Å²) in [5.41, 5.74) is 1.30. The standard InChI is InChI=1S/C14H22N2O/c1-2-12-17-14-6-4-13(5-7-14)16-10-3-8-15-9-11-16/h4-7,15H,2-3,8-12H2,1H3. The van der Waals surface area contributed by atoms with E-state index in [0.717, 1.165) is 45.0 Å². The molecule has 0 aliphatic carbocycles. The lowest BCUT2D eigenvalue weighted by Crippen LogP contribution is -2.27. The molecule has 17 heavy (non-hydrogen) atoms. The molecular formula is C14H22N2O. The van der Waals surface area contributed by atoms with Gasteiger partial charge in [-0.05, 0) is 43.7 Å². The second kappa shape index (κ2) is 6.50. The van der Waals surface area contributed by atoms with Gasteiger partial charge in [0.05, 0.1) is 6.61 Å². The highest BCUT2D eigenvalue weighted by Crippen LogP contribution is 2.20. The monoisotopic (exact) mass is 234 g/mol. The predicted octanol–water partition coefficient (Wildman–Crippen LogP) is 2.28. The Morgan fingerprint density at radius 1 is 1.18 bits per heavy atom. The molecule has 1 aliphatic rings. The first kappa shape index (κ1) is 12.2. The van der Waals surface area contributed by atoms with Gasteiger partial charge in [-0.25, -0.2) is 0 Å². The third-order valence-electron chi connectivity index (χ3n) is 3.01. The van der Waals surface area contributed by atoms with Crippen LogP contribution in [0.1, 0.15) is 19.8 Å². The number of hydrogen-bond acceptors (Lipinski definition) is 3. The third kappa shape index (κ3) is 3.63. The van der Waals surface area contributed by atoms with Crippen molar-refractivity contribution in [2.75, 3.05) is 37.7 Å². The van der Waals surface area contributed by atoms with Gasteiger partial charge >= 0.3 is 0 Å². The zero-order valence-corrected chi connectivity index (χ0v) is 10.6. The quantitative estimate of drug-likeness (QED) is 0.865. The van der Waals surface area contributed by atoms with Crippen molar-refractivity contribution in [3.63, 3.8) is 0 Å². The van der Waals surface area contributed by atoms with E-state index < -0.39 is 0 Å². The van der Waals surface area contributed by atoms with Crippen molar-refractivity contribution < 1.29 is 4.74 Å². The fourth-order valence-electron chi connectivity index (χ4n) is 2.08. The molecule has 3 nitrogen and oxygen atoms in total. The maximum Gasteiger partial charge on any atom is 0.119 e. The van der Waals surface area contributed by atoms with Crippen LogP contribution in [0.3, 0.4) is 0 Å². The summed E-state index contributed by atoms with van der Waals surface area (Å²) in [5, 5.41) is 3.42. The summed E-state index contributed by atoms with van der Waals surface area (Å²) in [6.45, 7) is 7.37. The van der Waals surface area contributed by atoms with Gasteiger partial charge in [-0.2, -0.15) is 0 Å². The molecule has 1 heterocycles. The van der Waals surface area contributed by atoms with Crippen LogP contribution in [0.2, 0.25) is 0 Å². The minimum absolute atomic E-state index is 0.799. The van der Waals surface area contributed by atoms with E-state index in [0.29, 0.717) is 0 Å². The smallest absolute Gasteiger partial charge is 0.119 e. The Balaban J connectivity index is 1.96. The van der Waals surface area contributed by atoms with Gasteiger partial charge in [0, 0.05) is 25.3 Å². The number of nitrogens with one attached hydrogen (secondary N) is 1. The predicted molar refractivity (Wildman–Crippen MR) is 71.9 cm³/mol. The highest BCUT2D eigenvalue weighted by atomic mass is 16.5. The molecule has 1 N–H and O–H groups in total. The first-order valence-electron chi connectivity index (χ1n) is 6.58. The summed E-state index contributed by atoms with van der Waals surface area (Å²) in [5.74, 6) is 0.976. The second-order valence-corrected chi connectivity index (χ2v) is 4.43. The topological polar surface area (TPSA) is 24.5 Å². The van der Waals surface area contributed by atoms with Crippen LogP contribution < -0.4 is 15.0 Å². The molecule has 0 saturated carbocycles. The number of hydrogen-bond donors (Lipinski definition) is 1. The molecule has 1 fully saturated rings. The molecule has 2 rings (SSSR count). The van der Waals surface area contributed by atoms with E-state index >= 15 is 0 Å². The van der Waals surface area contributed by atoms with Crippen LogP contribution in [0.4, 0.5) is 5.69 Å². The second-order valence-electron chi connectivity index (χ2n) is 4.43. The van der Waals surface area contributed by atoms with Crippen LogP contribution in [0.25, 0.3) is 0 Å². The molecule has 0 aromatic heterocycles. The lowest BCUT2D eigenvalue weighted by atomic mass is 10.2. The highest BCUT2D eigenvalue weighted by Gasteiger charge is 2.08. The van der Waals surface area contributed by atoms with E-state index in [1.54, 1.807) is 0 Å². The number of rotatable bonds is 4. The van der Waals surface area contributed by atoms with Gasteiger partial charge in [0.15, 0.2) is 0 Å². The minimum atomic E-state index is 0.799. The Hall–Kier alpha value is -1.22. The average Bonchev–Trinajstić information content (AvgIpc) is 2.66. The number of ether oxygens (including phenoxy) is 1. The molecule has 0 amide bonds. The van der Waals surface area contributed by atoms with E-state index in [2.05, 4.69) is 41.4 Å². The van der Waals surface area contributed by atoms with E-state index in [-0.39, 0.29) is 0 Å². The molecule has 1 aliphatic heterocycles. The van der Waals surface area contributed by atoms with Gasteiger partial charge in [0.25, 0.3) is 0 Å². The molecular weight excluding hydrogens is 212 g/mol. The van der Waals surface area contributed by atoms with Crippen molar-refractivity contribution in [1.82, 2.24) is 5.32 Å². The molecule has 1 aromatic rings. The lowest BCUT2D eigenvalue weighted by molar-refractivity contribution is 0.317. The first-order chi connectivity index (χ1) is 8.40. The van der Waals surface area contributed by atoms with E-state index in [1.807, 2.05) is 0 Å². The fourth-order valence-corrected chi connectivity index (χ4v) is 2.08. The van der Waals surface area contributed by atoms with Crippen molar-refractivity contribution in [1.29, 1.82) is 0 Å². The van der Waals surface area contributed by atoms with Gasteiger partial charge in [-0.3, -0.25) is 0 Å². The fraction of sp³-hybridized carbons (Fsp3) is 0.571. The van der Waals surface area contributed by atoms with Gasteiger partial charge < -0.3 is 15.0 Å². The van der Waals surface area contributed by atoms with Crippen LogP contribution in [0.5, 0.6) is 5.75 Å². The maximum atomic E-state index is 5.59. The van der Waals surface area contributed by atoms with Gasteiger partial charge in [-0.15, -0.1) is 0 Å². The molecule has 0 atom stereocenters. The molecule has 1 saturated heterocycles. The Morgan fingerprint density at radius 2 is 2.00 bits per heavy atom. The van der Waals surface area contributed by atoms with Gasteiger partial charge in [0.2, 0.25) is 0 Å². The summed E-state index contributed by atoms with van der Waals surface area (Å²) in [6, 6.07) is 8.47. The average molecular weight is 234 g/mol. The molecule has 1 aromatic carbocycles. The molecule has 0 spiro atoms. The normalized spacial score (nSPS) is 16.6. The van der Waals surface area contributed by atoms with Crippen LogP contribution in [0, 0.1) is 0 Å². The van der Waals surface area contributed by atoms with Crippen molar-refractivity contribution in [3.8, 4) is 5.75 Å². The number of nitrogens with zero attached hydrogens (tertiary/aromatic N) is 1. The van der Waals surface area contributed by atoms with Crippen molar-refractivity contribution in [2.24, 2.45) is 0 Å². The van der Waals surface area contributed by atoms with Crippen molar-refractivity contribution in [3.05, 3.63) is 24.3 Å². The summed E-state index contributed by atoms with van der Waals surface area (Å²) < 4.78 is 5.59. The van der Waals surface area contributed by atoms with Gasteiger partial charge in [0.1, 0.15) is 5.75 Å². The first-order valence-corrected chi connectivity index (χ1v) is 6.58. The van der Waals surface area contributed by atoms with E-state index in [4.69, 9.17) is 4.74 Å². The Kier molecular flexibility index (Phi) is 4.68. The van der Waals surface area contributed by atoms with Crippen LogP contribution in [-0.4, -0.2) is 32.8 Å². The van der Waals surface area contributed by atoms with E-state index in [9.17, 15) is 0 Å². The molecule has 0 bridgehead atoms. The highest BCUT2D eigenvalue weighted by molar-refractivity contribution is 5.49. The Morgan fingerprint density at radius 3 is 2.76 bits per heavy atom. The number of anilines is 1. The summed E-state index contributed by atoms with van der Waals surface area (Å²) in [6.07, 6.45) is 2.27. The van der Waals surface area contributed by atoms with Crippen molar-refractivity contribution in [2.45, 2.75) is 19.8 Å². The Bertz CT molecular complexity index is 315. The van der Waals surface area contributed by atoms with Crippen LogP contribution in [-0.2, 0) is 0 Å². The van der Waals surface area contributed by atoms with E-state index in [1.165, 1.54) is 12.1 Å². The Labute approximate surface area is 104 Å². The third-order valence-corrected chi connectivity index (χ3v) is 3.01. The maximum absolute atomic E-state index is 5.59. The van der Waals surface area contributed by atoms with Crippen molar-refractivity contribution >= 4 is 5.69 Å². The molecule has 3 heteroatoms. The molecule has 0 radical (unpaired) electrons. The molecule has 0 unspecified atom stereocenters. The number of benzene rings is 1. The zero-order chi connectivity index (χ0) is 11.9. The minimum Gasteiger partial charge on any atom is -0.494 e. The lowest BCUT2D eigenvalue weighted by Gasteiger charge is -2.22. The summed E-state index contributed by atoms with van der Waals surface area (Å²) in [4.78, 5) is 2.43. The van der Waals surface area contributed by atoms with Crippen LogP contribution in [0.15, 0.2) is 24.3 Å². The summed E-state index contributed by atoms with van der Waals surface area (Å²) in [7, 11) is 0. The zero-order valence-electron chi connectivity index (χ0n) is 10.6. The largest absolute Gasteiger partial charge is 0.494 e. The summed E-state index contributed by atoms with van der Waals surface area (Å²) >= 11 is 0. The molecule has 94 valence electrons.